The van der Waals surface area contributed by atoms with Gasteiger partial charge in [0.25, 0.3) is 5.69 Å². The highest BCUT2D eigenvalue weighted by molar-refractivity contribution is 6.30. The molecule has 0 fully saturated rings. The minimum absolute atomic E-state index is 0.0112. The monoisotopic (exact) mass is 435 g/mol. The van der Waals surface area contributed by atoms with Crippen LogP contribution in [-0.2, 0) is 0 Å². The lowest BCUT2D eigenvalue weighted by Crippen LogP contribution is -2.25. The number of non-ortho nitro benzene ring substituents is 1. The van der Waals surface area contributed by atoms with Gasteiger partial charge in [0.2, 0.25) is 0 Å². The summed E-state index contributed by atoms with van der Waals surface area (Å²) >= 11 is 5.95. The predicted octanol–water partition coefficient (Wildman–Crippen LogP) is 5.83. The number of anilines is 1. The van der Waals surface area contributed by atoms with Crippen LogP contribution in [0.15, 0.2) is 72.8 Å². The molecular weight excluding hydrogens is 414 g/mol. The van der Waals surface area contributed by atoms with Crippen molar-refractivity contribution in [3.05, 3.63) is 99.1 Å². The second-order valence-corrected chi connectivity index (χ2v) is 7.74. The molecule has 6 nitrogen and oxygen atoms in total. The first-order valence-electron chi connectivity index (χ1n) is 9.95. The Labute approximate surface area is 185 Å². The highest BCUT2D eigenvalue weighted by atomic mass is 35.5. The van der Waals surface area contributed by atoms with Gasteiger partial charge in [0.05, 0.1) is 11.0 Å². The summed E-state index contributed by atoms with van der Waals surface area (Å²) in [6, 6.07) is 19.8. The van der Waals surface area contributed by atoms with Crippen LogP contribution in [0, 0.1) is 10.1 Å². The zero-order valence-electron chi connectivity index (χ0n) is 17.0. The molecule has 1 N–H and O–H groups in total. The van der Waals surface area contributed by atoms with Gasteiger partial charge >= 0.3 is 0 Å². The van der Waals surface area contributed by atoms with Crippen LogP contribution >= 0.6 is 11.6 Å². The number of ether oxygens (including phenoxy) is 1. The van der Waals surface area contributed by atoms with Crippen molar-refractivity contribution in [3.8, 4) is 11.5 Å². The first-order valence-corrected chi connectivity index (χ1v) is 10.3. The maximum atomic E-state index is 11.3. The lowest BCUT2D eigenvalue weighted by Gasteiger charge is -2.19. The molecule has 1 aliphatic rings. The Morgan fingerprint density at radius 2 is 1.94 bits per heavy atom. The molecule has 1 unspecified atom stereocenters. The van der Waals surface area contributed by atoms with Crippen LogP contribution in [0.5, 0.6) is 11.5 Å². The number of fused-ring (bicyclic) bond motifs is 1. The number of hydrogen-bond acceptors (Lipinski definition) is 5. The number of nitrogens with one attached hydrogen (secondary N) is 1. The Balaban J connectivity index is 1.68. The van der Waals surface area contributed by atoms with Crippen molar-refractivity contribution in [1.82, 2.24) is 5.32 Å². The Kier molecular flexibility index (Phi) is 6.21. The summed E-state index contributed by atoms with van der Waals surface area (Å²) in [5, 5.41) is 15.5. The van der Waals surface area contributed by atoms with E-state index < -0.39 is 4.92 Å². The molecule has 0 spiro atoms. The van der Waals surface area contributed by atoms with Crippen LogP contribution < -0.4 is 15.0 Å². The van der Waals surface area contributed by atoms with Crippen LogP contribution in [0.2, 0.25) is 5.02 Å². The number of halogens is 1. The van der Waals surface area contributed by atoms with Crippen LogP contribution in [0.25, 0.3) is 6.08 Å². The average molecular weight is 436 g/mol. The number of benzene rings is 3. The Morgan fingerprint density at radius 1 is 1.16 bits per heavy atom. The third-order valence-electron chi connectivity index (χ3n) is 5.21. The van der Waals surface area contributed by atoms with E-state index in [1.165, 1.54) is 17.8 Å². The van der Waals surface area contributed by atoms with E-state index in [1.807, 2.05) is 24.3 Å². The molecular formula is C24H22ClN3O3. The number of para-hydroxylation sites is 1. The SMILES string of the molecule is CN1CCNC(C=Cc2cc([N+](=O)[O-])ccc2Oc2ccc(Cl)cc2)c2ccccc21. The molecule has 0 bridgehead atoms. The summed E-state index contributed by atoms with van der Waals surface area (Å²) in [6.45, 7) is 1.71. The lowest BCUT2D eigenvalue weighted by atomic mass is 10.0. The van der Waals surface area contributed by atoms with E-state index in [0.29, 0.717) is 22.1 Å². The average Bonchev–Trinajstić information content (AvgIpc) is 2.93. The van der Waals surface area contributed by atoms with Crippen molar-refractivity contribution >= 4 is 29.1 Å². The molecule has 0 saturated heterocycles. The van der Waals surface area contributed by atoms with E-state index in [-0.39, 0.29) is 11.7 Å². The van der Waals surface area contributed by atoms with Crippen LogP contribution in [0.4, 0.5) is 11.4 Å². The number of nitro groups is 1. The minimum Gasteiger partial charge on any atom is -0.457 e. The summed E-state index contributed by atoms with van der Waals surface area (Å²) in [5.41, 5.74) is 2.96. The zero-order chi connectivity index (χ0) is 21.8. The largest absolute Gasteiger partial charge is 0.457 e. The first kappa shape index (κ1) is 20.9. The maximum absolute atomic E-state index is 11.3. The number of hydrogen-bond donors (Lipinski definition) is 1. The number of nitrogens with zero attached hydrogens (tertiary/aromatic N) is 2. The molecule has 31 heavy (non-hydrogen) atoms. The number of rotatable bonds is 5. The fourth-order valence-electron chi connectivity index (χ4n) is 3.59. The normalized spacial score (nSPS) is 16.1. The second-order valence-electron chi connectivity index (χ2n) is 7.31. The molecule has 3 aromatic carbocycles. The summed E-state index contributed by atoms with van der Waals surface area (Å²) in [7, 11) is 2.07. The van der Waals surface area contributed by atoms with Gasteiger partial charge in [-0.2, -0.15) is 0 Å². The van der Waals surface area contributed by atoms with Crippen molar-refractivity contribution in [3.63, 3.8) is 0 Å². The van der Waals surface area contributed by atoms with Gasteiger partial charge in [0.15, 0.2) is 0 Å². The third-order valence-corrected chi connectivity index (χ3v) is 5.46. The van der Waals surface area contributed by atoms with Gasteiger partial charge in [0, 0.05) is 48.5 Å². The lowest BCUT2D eigenvalue weighted by molar-refractivity contribution is -0.384. The standard InChI is InChI=1S/C24H22ClN3O3/c1-27-15-14-26-22(21-4-2-3-5-23(21)27)12-6-17-16-19(28(29)30)9-13-24(17)31-20-10-7-18(25)8-11-20/h2-13,16,22,26H,14-15H2,1H3. The highest BCUT2D eigenvalue weighted by Gasteiger charge is 2.19. The third kappa shape index (κ3) is 4.87. The molecule has 4 rings (SSSR count). The fraction of sp³-hybridized carbons (Fsp3) is 0.167. The van der Waals surface area contributed by atoms with Gasteiger partial charge in [-0.3, -0.25) is 10.1 Å². The van der Waals surface area contributed by atoms with Crippen molar-refractivity contribution in [2.75, 3.05) is 25.0 Å². The molecule has 1 heterocycles. The molecule has 1 aliphatic heterocycles. The van der Waals surface area contributed by atoms with Crippen molar-refractivity contribution < 1.29 is 9.66 Å². The van der Waals surface area contributed by atoms with Crippen LogP contribution in [-0.4, -0.2) is 25.1 Å². The molecule has 3 aromatic rings. The van der Waals surface area contributed by atoms with Crippen molar-refractivity contribution in [2.45, 2.75) is 6.04 Å². The summed E-state index contributed by atoms with van der Waals surface area (Å²) in [6.07, 6.45) is 3.89. The van der Waals surface area contributed by atoms with Gasteiger partial charge in [0.1, 0.15) is 11.5 Å². The van der Waals surface area contributed by atoms with Gasteiger partial charge in [-0.25, -0.2) is 0 Å². The summed E-state index contributed by atoms with van der Waals surface area (Å²) in [5.74, 6) is 1.13. The summed E-state index contributed by atoms with van der Waals surface area (Å²) in [4.78, 5) is 13.1. The van der Waals surface area contributed by atoms with E-state index in [1.54, 1.807) is 30.3 Å². The van der Waals surface area contributed by atoms with Gasteiger partial charge in [-0.1, -0.05) is 42.0 Å². The number of nitro benzene ring substituents is 1. The molecule has 0 aromatic heterocycles. The molecule has 7 heteroatoms. The van der Waals surface area contributed by atoms with Gasteiger partial charge < -0.3 is 15.0 Å². The van der Waals surface area contributed by atoms with E-state index in [4.69, 9.17) is 16.3 Å². The van der Waals surface area contributed by atoms with Crippen LogP contribution in [0.1, 0.15) is 17.2 Å². The summed E-state index contributed by atoms with van der Waals surface area (Å²) < 4.78 is 5.99. The first-order chi connectivity index (χ1) is 15.0. The van der Waals surface area contributed by atoms with E-state index in [2.05, 4.69) is 29.4 Å². The topological polar surface area (TPSA) is 67.6 Å². The Bertz CT molecular complexity index is 1120. The zero-order valence-corrected chi connectivity index (χ0v) is 17.8. The molecule has 1 atom stereocenters. The fourth-order valence-corrected chi connectivity index (χ4v) is 3.72. The van der Waals surface area contributed by atoms with E-state index >= 15 is 0 Å². The molecule has 0 aliphatic carbocycles. The molecule has 0 saturated carbocycles. The highest BCUT2D eigenvalue weighted by Crippen LogP contribution is 2.33. The minimum atomic E-state index is -0.405. The quantitative estimate of drug-likeness (QED) is 0.403. The predicted molar refractivity (Wildman–Crippen MR) is 124 cm³/mol. The molecule has 0 amide bonds. The van der Waals surface area contributed by atoms with Crippen LogP contribution in [0.3, 0.4) is 0 Å². The Hall–Kier alpha value is -3.35. The molecule has 0 radical (unpaired) electrons. The van der Waals surface area contributed by atoms with E-state index in [0.717, 1.165) is 18.7 Å². The second kappa shape index (κ2) is 9.20. The Morgan fingerprint density at radius 3 is 2.71 bits per heavy atom. The molecule has 158 valence electrons. The number of likely N-dealkylation sites (N-methyl/N-ethyl adjacent to an activating group) is 1. The van der Waals surface area contributed by atoms with E-state index in [9.17, 15) is 10.1 Å². The van der Waals surface area contributed by atoms with Crippen molar-refractivity contribution in [2.24, 2.45) is 0 Å². The van der Waals surface area contributed by atoms with Gasteiger partial charge in [-0.15, -0.1) is 0 Å². The van der Waals surface area contributed by atoms with Crippen molar-refractivity contribution in [1.29, 1.82) is 0 Å². The smallest absolute Gasteiger partial charge is 0.270 e. The maximum Gasteiger partial charge on any atom is 0.270 e. The van der Waals surface area contributed by atoms with Gasteiger partial charge in [-0.05, 0) is 42.0 Å².